The van der Waals surface area contributed by atoms with Gasteiger partial charge < -0.3 is 10.1 Å². The summed E-state index contributed by atoms with van der Waals surface area (Å²) >= 11 is 0. The number of rotatable bonds is 6. The number of hydrogen-bond acceptors (Lipinski definition) is 2. The summed E-state index contributed by atoms with van der Waals surface area (Å²) < 4.78 is 5.21. The molecule has 1 aromatic carbocycles. The first-order valence-corrected chi connectivity index (χ1v) is 5.51. The van der Waals surface area contributed by atoms with E-state index in [0.717, 1.165) is 13.0 Å². The molecule has 0 aliphatic carbocycles. The van der Waals surface area contributed by atoms with Crippen LogP contribution < -0.4 is 5.32 Å². The maximum atomic E-state index is 5.21. The Morgan fingerprint density at radius 1 is 1.20 bits per heavy atom. The molecule has 0 saturated heterocycles. The molecule has 0 heterocycles. The summed E-state index contributed by atoms with van der Waals surface area (Å²) in [6.07, 6.45) is 1.02. The summed E-state index contributed by atoms with van der Waals surface area (Å²) in [6.45, 7) is 5.08. The zero-order chi connectivity index (χ0) is 11.1. The van der Waals surface area contributed by atoms with Crippen LogP contribution in [0.2, 0.25) is 0 Å². The van der Waals surface area contributed by atoms with Gasteiger partial charge >= 0.3 is 0 Å². The zero-order valence-electron chi connectivity index (χ0n) is 9.86. The van der Waals surface area contributed by atoms with Crippen molar-refractivity contribution in [2.24, 2.45) is 0 Å². The summed E-state index contributed by atoms with van der Waals surface area (Å²) in [5.74, 6) is 0. The lowest BCUT2D eigenvalue weighted by Gasteiger charge is -2.20. The van der Waals surface area contributed by atoms with Crippen LogP contribution in [0.5, 0.6) is 0 Å². The molecule has 1 atom stereocenters. The zero-order valence-corrected chi connectivity index (χ0v) is 9.86. The van der Waals surface area contributed by atoms with Crippen LogP contribution in [0.3, 0.4) is 0 Å². The van der Waals surface area contributed by atoms with Crippen LogP contribution in [0.15, 0.2) is 30.3 Å². The van der Waals surface area contributed by atoms with Crippen LogP contribution in [0, 0.1) is 0 Å². The number of nitrogens with one attached hydrogen (secondary N) is 1. The van der Waals surface area contributed by atoms with Crippen molar-refractivity contribution in [3.63, 3.8) is 0 Å². The topological polar surface area (TPSA) is 21.3 Å². The Hall–Kier alpha value is -0.860. The van der Waals surface area contributed by atoms with E-state index in [1.165, 1.54) is 5.56 Å². The molecule has 1 N–H and O–H groups in total. The molecule has 0 radical (unpaired) electrons. The van der Waals surface area contributed by atoms with E-state index in [-0.39, 0.29) is 0 Å². The molecule has 0 aliphatic heterocycles. The van der Waals surface area contributed by atoms with Crippen molar-refractivity contribution >= 4 is 0 Å². The minimum Gasteiger partial charge on any atom is -0.383 e. The van der Waals surface area contributed by atoms with E-state index in [4.69, 9.17) is 4.74 Å². The Labute approximate surface area is 92.6 Å². The Morgan fingerprint density at radius 2 is 1.87 bits per heavy atom. The van der Waals surface area contributed by atoms with Crippen molar-refractivity contribution in [2.45, 2.75) is 32.4 Å². The first kappa shape index (κ1) is 12.2. The van der Waals surface area contributed by atoms with E-state index < -0.39 is 0 Å². The van der Waals surface area contributed by atoms with Gasteiger partial charge in [-0.25, -0.2) is 0 Å². The van der Waals surface area contributed by atoms with Crippen molar-refractivity contribution < 1.29 is 4.74 Å². The van der Waals surface area contributed by atoms with Crippen molar-refractivity contribution in [3.05, 3.63) is 35.9 Å². The fourth-order valence-corrected chi connectivity index (χ4v) is 1.74. The first-order valence-electron chi connectivity index (χ1n) is 5.51. The quantitative estimate of drug-likeness (QED) is 0.772. The molecule has 0 spiro atoms. The monoisotopic (exact) mass is 207 g/mol. The fraction of sp³-hybridized carbons (Fsp3) is 0.538. The fourth-order valence-electron chi connectivity index (χ4n) is 1.74. The highest BCUT2D eigenvalue weighted by molar-refractivity contribution is 5.15. The van der Waals surface area contributed by atoms with Gasteiger partial charge in [-0.15, -0.1) is 0 Å². The van der Waals surface area contributed by atoms with Crippen molar-refractivity contribution in [1.29, 1.82) is 0 Å². The van der Waals surface area contributed by atoms with Crippen LogP contribution in [0.4, 0.5) is 0 Å². The maximum Gasteiger partial charge on any atom is 0.0619 e. The highest BCUT2D eigenvalue weighted by Crippen LogP contribution is 2.04. The predicted octanol–water partition coefficient (Wildman–Crippen LogP) is 2.24. The van der Waals surface area contributed by atoms with E-state index in [0.29, 0.717) is 12.1 Å². The van der Waals surface area contributed by atoms with E-state index in [2.05, 4.69) is 43.4 Å². The van der Waals surface area contributed by atoms with Crippen molar-refractivity contribution in [1.82, 2.24) is 5.32 Å². The maximum absolute atomic E-state index is 5.21. The third kappa shape index (κ3) is 4.96. The van der Waals surface area contributed by atoms with Crippen LogP contribution in [0.1, 0.15) is 19.4 Å². The standard InChI is InChI=1S/C13H21NO/c1-11(2)14-13(10-15-3)9-12-7-5-4-6-8-12/h4-8,11,13-14H,9-10H2,1-3H3. The molecule has 2 nitrogen and oxygen atoms in total. The third-order valence-corrected chi connectivity index (χ3v) is 2.26. The van der Waals surface area contributed by atoms with E-state index in [1.54, 1.807) is 7.11 Å². The summed E-state index contributed by atoms with van der Waals surface area (Å²) in [5, 5.41) is 3.50. The van der Waals surface area contributed by atoms with Gasteiger partial charge in [-0.3, -0.25) is 0 Å². The number of ether oxygens (including phenoxy) is 1. The summed E-state index contributed by atoms with van der Waals surface area (Å²) in [5.41, 5.74) is 1.35. The summed E-state index contributed by atoms with van der Waals surface area (Å²) in [7, 11) is 1.75. The predicted molar refractivity (Wildman–Crippen MR) is 64.1 cm³/mol. The van der Waals surface area contributed by atoms with Crippen LogP contribution in [0.25, 0.3) is 0 Å². The Bertz CT molecular complexity index is 258. The first-order chi connectivity index (χ1) is 7.22. The van der Waals surface area contributed by atoms with Gasteiger partial charge in [0, 0.05) is 19.2 Å². The summed E-state index contributed by atoms with van der Waals surface area (Å²) in [4.78, 5) is 0. The Morgan fingerprint density at radius 3 is 2.40 bits per heavy atom. The SMILES string of the molecule is COCC(Cc1ccccc1)NC(C)C. The second kappa shape index (κ2) is 6.59. The molecule has 0 aromatic heterocycles. The van der Waals surface area contributed by atoms with Gasteiger partial charge in [0.15, 0.2) is 0 Å². The second-order valence-corrected chi connectivity index (χ2v) is 4.16. The molecule has 0 bridgehead atoms. The number of benzene rings is 1. The van der Waals surface area contributed by atoms with Gasteiger partial charge in [-0.1, -0.05) is 44.2 Å². The highest BCUT2D eigenvalue weighted by atomic mass is 16.5. The van der Waals surface area contributed by atoms with Gasteiger partial charge in [-0.2, -0.15) is 0 Å². The van der Waals surface area contributed by atoms with Gasteiger partial charge in [0.05, 0.1) is 6.61 Å². The molecule has 15 heavy (non-hydrogen) atoms. The average Bonchev–Trinajstić information content (AvgIpc) is 2.18. The third-order valence-electron chi connectivity index (χ3n) is 2.26. The van der Waals surface area contributed by atoms with Crippen LogP contribution >= 0.6 is 0 Å². The van der Waals surface area contributed by atoms with Gasteiger partial charge in [0.25, 0.3) is 0 Å². The lowest BCUT2D eigenvalue weighted by molar-refractivity contribution is 0.162. The van der Waals surface area contributed by atoms with Crippen molar-refractivity contribution in [3.8, 4) is 0 Å². The molecule has 0 amide bonds. The smallest absolute Gasteiger partial charge is 0.0619 e. The normalized spacial score (nSPS) is 13.1. The van der Waals surface area contributed by atoms with Gasteiger partial charge in [0.2, 0.25) is 0 Å². The molecule has 0 fully saturated rings. The lowest BCUT2D eigenvalue weighted by atomic mass is 10.1. The minimum absolute atomic E-state index is 0.400. The van der Waals surface area contributed by atoms with Crippen LogP contribution in [-0.4, -0.2) is 25.8 Å². The lowest BCUT2D eigenvalue weighted by Crippen LogP contribution is -2.39. The van der Waals surface area contributed by atoms with E-state index in [1.807, 2.05) is 6.07 Å². The average molecular weight is 207 g/mol. The van der Waals surface area contributed by atoms with E-state index >= 15 is 0 Å². The van der Waals surface area contributed by atoms with Gasteiger partial charge in [-0.05, 0) is 12.0 Å². The minimum atomic E-state index is 0.400. The molecule has 1 rings (SSSR count). The second-order valence-electron chi connectivity index (χ2n) is 4.16. The summed E-state index contributed by atoms with van der Waals surface area (Å²) in [6, 6.07) is 11.4. The Balaban J connectivity index is 2.50. The molecule has 2 heteroatoms. The largest absolute Gasteiger partial charge is 0.383 e. The molecule has 0 aliphatic rings. The number of hydrogen-bond donors (Lipinski definition) is 1. The van der Waals surface area contributed by atoms with Crippen molar-refractivity contribution in [2.75, 3.05) is 13.7 Å². The molecule has 84 valence electrons. The molecule has 0 saturated carbocycles. The molecule has 1 aromatic rings. The van der Waals surface area contributed by atoms with Gasteiger partial charge in [0.1, 0.15) is 0 Å². The highest BCUT2D eigenvalue weighted by Gasteiger charge is 2.09. The molecule has 1 unspecified atom stereocenters. The van der Waals surface area contributed by atoms with E-state index in [9.17, 15) is 0 Å². The molecular weight excluding hydrogens is 186 g/mol. The number of methoxy groups -OCH3 is 1. The Kier molecular flexibility index (Phi) is 5.37. The molecular formula is C13H21NO. The van der Waals surface area contributed by atoms with Crippen LogP contribution in [-0.2, 0) is 11.2 Å².